The van der Waals surface area contributed by atoms with Crippen LogP contribution in [0.15, 0.2) is 36.5 Å². The van der Waals surface area contributed by atoms with Crippen molar-refractivity contribution in [2.24, 2.45) is 0 Å². The molecule has 1 amide bonds. The Balaban J connectivity index is 1.37. The molecule has 0 spiro atoms. The lowest BCUT2D eigenvalue weighted by Crippen LogP contribution is -2.49. The minimum Gasteiger partial charge on any atom is -0.350 e. The van der Waals surface area contributed by atoms with E-state index >= 15 is 0 Å². The van der Waals surface area contributed by atoms with Gasteiger partial charge in [-0.25, -0.2) is 4.98 Å². The highest BCUT2D eigenvalue weighted by Crippen LogP contribution is 2.21. The van der Waals surface area contributed by atoms with Gasteiger partial charge in [0.2, 0.25) is 5.91 Å². The van der Waals surface area contributed by atoms with Crippen LogP contribution in [0.4, 0.5) is 0 Å². The van der Waals surface area contributed by atoms with E-state index in [1.807, 2.05) is 13.0 Å². The van der Waals surface area contributed by atoms with Crippen LogP contribution in [0.3, 0.4) is 0 Å². The Bertz CT molecular complexity index is 739. The molecule has 0 unspecified atom stereocenters. The second kappa shape index (κ2) is 7.00. The second-order valence-corrected chi connectivity index (χ2v) is 7.31. The van der Waals surface area contributed by atoms with Crippen molar-refractivity contribution in [3.8, 4) is 0 Å². The maximum atomic E-state index is 12.9. The number of nitrogens with zero attached hydrogens (tertiary/aromatic N) is 3. The van der Waals surface area contributed by atoms with E-state index in [4.69, 9.17) is 0 Å². The monoisotopic (exact) mass is 338 g/mol. The van der Waals surface area contributed by atoms with Crippen molar-refractivity contribution in [3.63, 3.8) is 0 Å². The number of nitrogens with one attached hydrogen (secondary N) is 1. The van der Waals surface area contributed by atoms with E-state index < -0.39 is 0 Å². The zero-order chi connectivity index (χ0) is 17.2. The number of benzene rings is 1. The molecule has 25 heavy (non-hydrogen) atoms. The SMILES string of the molecule is Cc1cn2c(n1)CC[C@@H](NC(=O)[C@@H]1CCCN1Cc1ccccc1)C2. The van der Waals surface area contributed by atoms with E-state index in [0.717, 1.165) is 56.8 Å². The average Bonchev–Trinajstić information content (AvgIpc) is 3.21. The molecule has 5 heteroatoms. The van der Waals surface area contributed by atoms with Crippen molar-refractivity contribution in [3.05, 3.63) is 53.6 Å². The summed E-state index contributed by atoms with van der Waals surface area (Å²) in [6.45, 7) is 4.73. The molecule has 2 aliphatic heterocycles. The Labute approximate surface area is 149 Å². The number of aromatic nitrogens is 2. The van der Waals surface area contributed by atoms with Crippen LogP contribution in [0, 0.1) is 6.92 Å². The van der Waals surface area contributed by atoms with Crippen LogP contribution in [-0.4, -0.2) is 39.0 Å². The summed E-state index contributed by atoms with van der Waals surface area (Å²) in [5.41, 5.74) is 2.34. The lowest BCUT2D eigenvalue weighted by atomic mass is 10.1. The highest BCUT2D eigenvalue weighted by Gasteiger charge is 2.32. The average molecular weight is 338 g/mol. The van der Waals surface area contributed by atoms with Crippen molar-refractivity contribution in [1.82, 2.24) is 19.8 Å². The van der Waals surface area contributed by atoms with Crippen molar-refractivity contribution >= 4 is 5.91 Å². The number of carbonyl (C=O) groups excluding carboxylic acids is 1. The van der Waals surface area contributed by atoms with Gasteiger partial charge >= 0.3 is 0 Å². The first-order valence-electron chi connectivity index (χ1n) is 9.30. The van der Waals surface area contributed by atoms with Gasteiger partial charge in [0, 0.05) is 31.7 Å². The molecule has 4 rings (SSSR count). The van der Waals surface area contributed by atoms with Gasteiger partial charge in [0.25, 0.3) is 0 Å². The van der Waals surface area contributed by atoms with Crippen LogP contribution in [-0.2, 0) is 24.3 Å². The van der Waals surface area contributed by atoms with Crippen molar-refractivity contribution in [2.75, 3.05) is 6.54 Å². The van der Waals surface area contributed by atoms with Crippen LogP contribution in [0.5, 0.6) is 0 Å². The third-order valence-corrected chi connectivity index (χ3v) is 5.35. The molecule has 2 aromatic rings. The number of fused-ring (bicyclic) bond motifs is 1. The largest absolute Gasteiger partial charge is 0.350 e. The second-order valence-electron chi connectivity index (χ2n) is 7.31. The first-order chi connectivity index (χ1) is 12.2. The molecule has 0 bridgehead atoms. The Hall–Kier alpha value is -2.14. The van der Waals surface area contributed by atoms with Crippen LogP contribution in [0.1, 0.15) is 36.3 Å². The zero-order valence-electron chi connectivity index (χ0n) is 14.8. The van der Waals surface area contributed by atoms with Gasteiger partial charge in [-0.2, -0.15) is 0 Å². The van der Waals surface area contributed by atoms with Gasteiger partial charge in [-0.3, -0.25) is 9.69 Å². The van der Waals surface area contributed by atoms with Crippen LogP contribution in [0.2, 0.25) is 0 Å². The summed E-state index contributed by atoms with van der Waals surface area (Å²) < 4.78 is 2.19. The normalized spacial score (nSPS) is 23.4. The first-order valence-corrected chi connectivity index (χ1v) is 9.30. The summed E-state index contributed by atoms with van der Waals surface area (Å²) in [6, 6.07) is 10.7. The first kappa shape index (κ1) is 16.3. The third kappa shape index (κ3) is 3.61. The minimum absolute atomic E-state index is 0.00567. The van der Waals surface area contributed by atoms with Crippen LogP contribution in [0.25, 0.3) is 0 Å². The molecule has 3 heterocycles. The maximum absolute atomic E-state index is 12.9. The lowest BCUT2D eigenvalue weighted by Gasteiger charge is -2.29. The molecule has 5 nitrogen and oxygen atoms in total. The van der Waals surface area contributed by atoms with Gasteiger partial charge in [0.1, 0.15) is 5.82 Å². The Morgan fingerprint density at radius 1 is 1.28 bits per heavy atom. The molecule has 1 N–H and O–H groups in total. The number of imidazole rings is 1. The molecule has 2 atom stereocenters. The number of rotatable bonds is 4. The minimum atomic E-state index is 0.00567. The molecule has 1 aromatic heterocycles. The maximum Gasteiger partial charge on any atom is 0.237 e. The summed E-state index contributed by atoms with van der Waals surface area (Å²) in [6.07, 6.45) is 6.07. The van der Waals surface area contributed by atoms with Gasteiger partial charge in [0.05, 0.1) is 11.7 Å². The van der Waals surface area contributed by atoms with E-state index in [9.17, 15) is 4.79 Å². The summed E-state index contributed by atoms with van der Waals surface area (Å²) in [7, 11) is 0. The molecule has 0 radical (unpaired) electrons. The lowest BCUT2D eigenvalue weighted by molar-refractivity contribution is -0.126. The number of likely N-dealkylation sites (tertiary alicyclic amines) is 1. The van der Waals surface area contributed by atoms with Crippen molar-refractivity contribution in [1.29, 1.82) is 0 Å². The third-order valence-electron chi connectivity index (χ3n) is 5.35. The van der Waals surface area contributed by atoms with Gasteiger partial charge in [-0.1, -0.05) is 30.3 Å². The molecule has 2 aliphatic rings. The molecule has 1 aromatic carbocycles. The van der Waals surface area contributed by atoms with E-state index in [0.29, 0.717) is 0 Å². The van der Waals surface area contributed by atoms with E-state index in [2.05, 4.69) is 50.2 Å². The fourth-order valence-corrected chi connectivity index (χ4v) is 4.13. The smallest absolute Gasteiger partial charge is 0.237 e. The van der Waals surface area contributed by atoms with Gasteiger partial charge in [-0.05, 0) is 38.3 Å². The van der Waals surface area contributed by atoms with Crippen LogP contribution < -0.4 is 5.32 Å². The molecular weight excluding hydrogens is 312 g/mol. The number of carbonyl (C=O) groups is 1. The molecule has 1 saturated heterocycles. The molecule has 0 aliphatic carbocycles. The highest BCUT2D eigenvalue weighted by atomic mass is 16.2. The Morgan fingerprint density at radius 3 is 2.96 bits per heavy atom. The summed E-state index contributed by atoms with van der Waals surface area (Å²) in [5.74, 6) is 1.34. The van der Waals surface area contributed by atoms with E-state index in [-0.39, 0.29) is 18.0 Å². The Kier molecular flexibility index (Phi) is 4.57. The highest BCUT2D eigenvalue weighted by molar-refractivity contribution is 5.82. The molecule has 132 valence electrons. The number of hydrogen-bond donors (Lipinski definition) is 1. The fourth-order valence-electron chi connectivity index (χ4n) is 4.13. The number of amides is 1. The van der Waals surface area contributed by atoms with Crippen molar-refractivity contribution in [2.45, 2.75) is 57.8 Å². The molecule has 1 fully saturated rings. The van der Waals surface area contributed by atoms with E-state index in [1.54, 1.807) is 0 Å². The number of aryl methyl sites for hydroxylation is 2. The zero-order valence-corrected chi connectivity index (χ0v) is 14.8. The molecular formula is C20H26N4O. The topological polar surface area (TPSA) is 50.2 Å². The fraction of sp³-hybridized carbons (Fsp3) is 0.500. The summed E-state index contributed by atoms with van der Waals surface area (Å²) in [4.78, 5) is 19.7. The van der Waals surface area contributed by atoms with Gasteiger partial charge in [-0.15, -0.1) is 0 Å². The standard InChI is InChI=1S/C20H26N4O/c1-15-12-24-14-17(9-10-19(24)21-15)22-20(25)18-8-5-11-23(18)13-16-6-3-2-4-7-16/h2-4,6-7,12,17-18H,5,8-11,13-14H2,1H3,(H,22,25)/t17-,18+/m1/s1. The number of hydrogen-bond acceptors (Lipinski definition) is 3. The molecule has 0 saturated carbocycles. The summed E-state index contributed by atoms with van der Waals surface area (Å²) >= 11 is 0. The van der Waals surface area contributed by atoms with Crippen LogP contribution >= 0.6 is 0 Å². The van der Waals surface area contributed by atoms with E-state index in [1.165, 1.54) is 5.56 Å². The van der Waals surface area contributed by atoms with Gasteiger partial charge < -0.3 is 9.88 Å². The predicted molar refractivity (Wildman–Crippen MR) is 97.1 cm³/mol. The quantitative estimate of drug-likeness (QED) is 0.930. The summed E-state index contributed by atoms with van der Waals surface area (Å²) in [5, 5.41) is 3.30. The van der Waals surface area contributed by atoms with Gasteiger partial charge in [0.15, 0.2) is 0 Å². The Morgan fingerprint density at radius 2 is 2.12 bits per heavy atom. The predicted octanol–water partition coefficient (Wildman–Crippen LogP) is 2.29. The van der Waals surface area contributed by atoms with Crippen molar-refractivity contribution < 1.29 is 4.79 Å².